The molecule has 1 fully saturated rings. The zero-order valence-electron chi connectivity index (χ0n) is 16.8. The van der Waals surface area contributed by atoms with Gasteiger partial charge in [0.15, 0.2) is 5.11 Å². The molecule has 168 valence electrons. The zero-order valence-corrected chi connectivity index (χ0v) is 18.4. The quantitative estimate of drug-likeness (QED) is 0.375. The summed E-state index contributed by atoms with van der Waals surface area (Å²) in [6, 6.07) is 6.80. The number of ether oxygens (including phenoxy) is 1. The third kappa shape index (κ3) is 5.28. The fraction of sp³-hybridized carbons (Fsp3) is 0.263. The summed E-state index contributed by atoms with van der Waals surface area (Å²) in [5, 5.41) is 27.5. The van der Waals surface area contributed by atoms with E-state index in [1.54, 1.807) is 6.92 Å². The number of morpholine rings is 1. The van der Waals surface area contributed by atoms with Gasteiger partial charge in [-0.1, -0.05) is 11.6 Å². The van der Waals surface area contributed by atoms with Crippen molar-refractivity contribution < 1.29 is 19.4 Å². The van der Waals surface area contributed by atoms with E-state index in [-0.39, 0.29) is 27.1 Å². The molecular weight excluding hydrogens is 462 g/mol. The second-order valence-electron chi connectivity index (χ2n) is 6.84. The van der Waals surface area contributed by atoms with Gasteiger partial charge in [-0.3, -0.25) is 30.3 Å². The molecule has 32 heavy (non-hydrogen) atoms. The Balaban J connectivity index is 1.74. The molecule has 1 heterocycles. The van der Waals surface area contributed by atoms with Crippen molar-refractivity contribution >= 4 is 57.6 Å². The van der Waals surface area contributed by atoms with Gasteiger partial charge < -0.3 is 15.0 Å². The summed E-state index contributed by atoms with van der Waals surface area (Å²) < 4.78 is 5.27. The number of nitro benzene ring substituents is 2. The number of amides is 1. The number of thiocarbonyl (C=S) groups is 1. The highest BCUT2D eigenvalue weighted by atomic mass is 35.5. The molecule has 1 aliphatic rings. The first-order valence-electron chi connectivity index (χ1n) is 9.35. The van der Waals surface area contributed by atoms with Crippen LogP contribution in [0.2, 0.25) is 5.02 Å². The van der Waals surface area contributed by atoms with Crippen molar-refractivity contribution in [3.63, 3.8) is 0 Å². The maximum Gasteiger partial charge on any atom is 0.293 e. The number of carbonyl (C=O) groups excluding carboxylic acids is 1. The van der Waals surface area contributed by atoms with Gasteiger partial charge in [-0.25, -0.2) is 0 Å². The van der Waals surface area contributed by atoms with Crippen LogP contribution in [0.15, 0.2) is 30.3 Å². The number of aryl methyl sites for hydroxylation is 1. The third-order valence-electron chi connectivity index (χ3n) is 4.75. The Morgan fingerprint density at radius 3 is 2.41 bits per heavy atom. The highest BCUT2D eigenvalue weighted by molar-refractivity contribution is 7.80. The molecule has 0 radical (unpaired) electrons. The van der Waals surface area contributed by atoms with Crippen LogP contribution >= 0.6 is 23.8 Å². The molecule has 3 rings (SSSR count). The summed E-state index contributed by atoms with van der Waals surface area (Å²) >= 11 is 11.1. The molecule has 0 aliphatic carbocycles. The molecule has 11 nitrogen and oxygen atoms in total. The van der Waals surface area contributed by atoms with Crippen LogP contribution in [0.3, 0.4) is 0 Å². The number of nitrogens with zero attached hydrogens (tertiary/aromatic N) is 3. The van der Waals surface area contributed by atoms with E-state index < -0.39 is 15.8 Å². The minimum Gasteiger partial charge on any atom is -0.378 e. The number of rotatable bonds is 5. The molecule has 1 aliphatic heterocycles. The topological polar surface area (TPSA) is 140 Å². The number of nitrogens with one attached hydrogen (secondary N) is 2. The summed E-state index contributed by atoms with van der Waals surface area (Å²) in [4.78, 5) is 35.8. The number of anilines is 2. The predicted molar refractivity (Wildman–Crippen MR) is 123 cm³/mol. The summed E-state index contributed by atoms with van der Waals surface area (Å²) in [7, 11) is 0. The van der Waals surface area contributed by atoms with Gasteiger partial charge >= 0.3 is 0 Å². The van der Waals surface area contributed by atoms with Crippen LogP contribution in [0.25, 0.3) is 0 Å². The summed E-state index contributed by atoms with van der Waals surface area (Å²) in [5.41, 5.74) is 0.875. The van der Waals surface area contributed by atoms with E-state index in [1.807, 2.05) is 4.90 Å². The van der Waals surface area contributed by atoms with Crippen LogP contribution in [0, 0.1) is 27.2 Å². The Kier molecular flexibility index (Phi) is 7.18. The third-order valence-corrected chi connectivity index (χ3v) is 5.26. The average molecular weight is 480 g/mol. The van der Waals surface area contributed by atoms with Crippen molar-refractivity contribution in [1.29, 1.82) is 0 Å². The minimum absolute atomic E-state index is 0.0521. The SMILES string of the molecule is Cc1cc([N+](=O)[O-])c(Cl)cc1NC(=S)NC(=O)c1ccc(N2CCOCC2)c([N+](=O)[O-])c1. The maximum absolute atomic E-state index is 12.6. The number of hydrogen-bond acceptors (Lipinski definition) is 8. The lowest BCUT2D eigenvalue weighted by Crippen LogP contribution is -2.37. The van der Waals surface area contributed by atoms with Crippen LogP contribution in [0.4, 0.5) is 22.7 Å². The Morgan fingerprint density at radius 2 is 1.78 bits per heavy atom. The van der Waals surface area contributed by atoms with Crippen molar-refractivity contribution in [2.75, 3.05) is 36.5 Å². The zero-order chi connectivity index (χ0) is 23.4. The number of nitro groups is 2. The van der Waals surface area contributed by atoms with Gasteiger partial charge in [0.05, 0.1) is 23.1 Å². The standard InChI is InChI=1S/C19H18ClN5O6S/c1-11-8-16(24(27)28)13(20)10-14(11)21-19(32)22-18(26)12-2-3-15(17(9-12)25(29)30)23-4-6-31-7-5-23/h2-3,8-10H,4-7H2,1H3,(H2,21,22,26,32). The second kappa shape index (κ2) is 9.85. The van der Waals surface area contributed by atoms with Gasteiger partial charge in [0, 0.05) is 36.5 Å². The van der Waals surface area contributed by atoms with Gasteiger partial charge in [0.25, 0.3) is 17.3 Å². The smallest absolute Gasteiger partial charge is 0.293 e. The normalized spacial score (nSPS) is 13.4. The van der Waals surface area contributed by atoms with Crippen molar-refractivity contribution in [3.8, 4) is 0 Å². The average Bonchev–Trinajstić information content (AvgIpc) is 2.75. The first-order chi connectivity index (χ1) is 15.2. The minimum atomic E-state index is -0.648. The number of carbonyl (C=O) groups is 1. The highest BCUT2D eigenvalue weighted by Crippen LogP contribution is 2.31. The van der Waals surface area contributed by atoms with Crippen molar-refractivity contribution in [2.45, 2.75) is 6.92 Å². The van der Waals surface area contributed by atoms with Crippen LogP contribution in [-0.2, 0) is 4.74 Å². The van der Waals surface area contributed by atoms with Crippen molar-refractivity contribution in [2.24, 2.45) is 0 Å². The van der Waals surface area contributed by atoms with Crippen LogP contribution in [0.5, 0.6) is 0 Å². The first kappa shape index (κ1) is 23.3. The van der Waals surface area contributed by atoms with E-state index >= 15 is 0 Å². The number of benzene rings is 2. The van der Waals surface area contributed by atoms with E-state index in [2.05, 4.69) is 10.6 Å². The Labute approximate surface area is 192 Å². The molecule has 0 spiro atoms. The lowest BCUT2D eigenvalue weighted by molar-refractivity contribution is -0.384. The largest absolute Gasteiger partial charge is 0.378 e. The van der Waals surface area contributed by atoms with Gasteiger partial charge in [0.2, 0.25) is 0 Å². The number of hydrogen-bond donors (Lipinski definition) is 2. The molecule has 1 amide bonds. The van der Waals surface area contributed by atoms with Crippen molar-refractivity contribution in [3.05, 3.63) is 66.7 Å². The van der Waals surface area contributed by atoms with Gasteiger partial charge in [-0.2, -0.15) is 0 Å². The fourth-order valence-electron chi connectivity index (χ4n) is 3.15. The molecule has 2 N–H and O–H groups in total. The van der Waals surface area contributed by atoms with Crippen LogP contribution in [-0.4, -0.2) is 47.2 Å². The molecular formula is C19H18ClN5O6S. The Bertz CT molecular complexity index is 1110. The van der Waals surface area contributed by atoms with Crippen LogP contribution in [0.1, 0.15) is 15.9 Å². The van der Waals surface area contributed by atoms with Gasteiger partial charge in [0.1, 0.15) is 10.7 Å². The van der Waals surface area contributed by atoms with E-state index in [4.69, 9.17) is 28.6 Å². The van der Waals surface area contributed by atoms with E-state index in [1.165, 1.54) is 30.3 Å². The monoisotopic (exact) mass is 479 g/mol. The summed E-state index contributed by atoms with van der Waals surface area (Å²) in [5.74, 6) is -0.648. The van der Waals surface area contributed by atoms with Gasteiger partial charge in [-0.05, 0) is 42.9 Å². The molecule has 0 unspecified atom stereocenters. The molecule has 0 atom stereocenters. The predicted octanol–water partition coefficient (Wildman–Crippen LogP) is 3.43. The first-order valence-corrected chi connectivity index (χ1v) is 10.1. The van der Waals surface area contributed by atoms with E-state index in [0.29, 0.717) is 43.2 Å². The molecule has 1 saturated heterocycles. The van der Waals surface area contributed by atoms with E-state index in [9.17, 15) is 25.0 Å². The second-order valence-corrected chi connectivity index (χ2v) is 7.66. The number of halogens is 1. The maximum atomic E-state index is 12.6. The summed E-state index contributed by atoms with van der Waals surface area (Å²) in [6.07, 6.45) is 0. The Hall–Kier alpha value is -3.35. The molecule has 0 bridgehead atoms. The lowest BCUT2D eigenvalue weighted by Gasteiger charge is -2.28. The highest BCUT2D eigenvalue weighted by Gasteiger charge is 2.24. The lowest BCUT2D eigenvalue weighted by atomic mass is 10.1. The fourth-order valence-corrected chi connectivity index (χ4v) is 3.59. The van der Waals surface area contributed by atoms with Crippen molar-refractivity contribution in [1.82, 2.24) is 5.32 Å². The molecule has 0 aromatic heterocycles. The Morgan fingerprint density at radius 1 is 1.12 bits per heavy atom. The van der Waals surface area contributed by atoms with E-state index in [0.717, 1.165) is 0 Å². The molecule has 2 aromatic carbocycles. The van der Waals surface area contributed by atoms with Gasteiger partial charge in [-0.15, -0.1) is 0 Å². The molecule has 13 heteroatoms. The van der Waals surface area contributed by atoms with Crippen LogP contribution < -0.4 is 15.5 Å². The molecule has 0 saturated carbocycles. The molecule has 2 aromatic rings. The summed E-state index contributed by atoms with van der Waals surface area (Å²) in [6.45, 7) is 3.57.